The molecule has 2 aromatic carbocycles. The average molecular weight is 462 g/mol. The van der Waals surface area contributed by atoms with E-state index in [0.717, 1.165) is 23.0 Å². The van der Waals surface area contributed by atoms with Crippen molar-refractivity contribution >= 4 is 17.8 Å². The fourth-order valence-corrected chi connectivity index (χ4v) is 3.94. The van der Waals surface area contributed by atoms with Crippen LogP contribution in [-0.2, 0) is 17.7 Å². The maximum absolute atomic E-state index is 13.4. The lowest BCUT2D eigenvalue weighted by Crippen LogP contribution is -2.29. The van der Waals surface area contributed by atoms with Gasteiger partial charge in [-0.3, -0.25) is 9.59 Å². The van der Waals surface area contributed by atoms with Crippen LogP contribution in [0.3, 0.4) is 0 Å². The second kappa shape index (κ2) is 9.78. The third-order valence-electron chi connectivity index (χ3n) is 5.75. The summed E-state index contributed by atoms with van der Waals surface area (Å²) in [6.07, 6.45) is 2.56. The Morgan fingerprint density at radius 3 is 2.56 bits per heavy atom. The molecule has 0 aliphatic heterocycles. The van der Waals surface area contributed by atoms with Crippen molar-refractivity contribution in [3.8, 4) is 0 Å². The summed E-state index contributed by atoms with van der Waals surface area (Å²) in [6, 6.07) is 11.0. The highest BCUT2D eigenvalue weighted by Gasteiger charge is 2.26. The largest absolute Gasteiger partial charge is 0.465 e. The van der Waals surface area contributed by atoms with Gasteiger partial charge in [-0.15, -0.1) is 0 Å². The van der Waals surface area contributed by atoms with E-state index in [1.807, 2.05) is 6.07 Å². The lowest BCUT2D eigenvalue weighted by molar-refractivity contribution is 0.0600. The van der Waals surface area contributed by atoms with E-state index in [1.54, 1.807) is 31.2 Å². The summed E-state index contributed by atoms with van der Waals surface area (Å²) in [7, 11) is 1.33. The average Bonchev–Trinajstić information content (AvgIpc) is 3.25. The number of rotatable bonds is 6. The fraction of sp³-hybridized carbons (Fsp3) is 0.240. The maximum Gasteiger partial charge on any atom is 0.337 e. The Morgan fingerprint density at radius 2 is 1.82 bits per heavy atom. The number of ether oxygens (including phenoxy) is 1. The van der Waals surface area contributed by atoms with Gasteiger partial charge in [0.1, 0.15) is 23.5 Å². The van der Waals surface area contributed by atoms with Crippen LogP contribution in [-0.4, -0.2) is 34.9 Å². The van der Waals surface area contributed by atoms with Gasteiger partial charge in [0, 0.05) is 12.6 Å². The summed E-state index contributed by atoms with van der Waals surface area (Å²) in [4.78, 5) is 45.0. The fourth-order valence-electron chi connectivity index (χ4n) is 3.94. The molecule has 0 fully saturated rings. The zero-order valence-electron chi connectivity index (χ0n) is 18.7. The van der Waals surface area contributed by atoms with Crippen molar-refractivity contribution in [2.45, 2.75) is 32.4 Å². The molecule has 1 aliphatic carbocycles. The topological polar surface area (TPSA) is 110 Å². The van der Waals surface area contributed by atoms with E-state index >= 15 is 0 Å². The summed E-state index contributed by atoms with van der Waals surface area (Å²) < 4.78 is 18.2. The van der Waals surface area contributed by atoms with Gasteiger partial charge in [-0.25, -0.2) is 19.2 Å². The first-order chi connectivity index (χ1) is 16.4. The van der Waals surface area contributed by atoms with Gasteiger partial charge < -0.3 is 15.4 Å². The number of carbonyl (C=O) groups excluding carboxylic acids is 3. The SMILES string of the molecule is COC(=O)c1ccc2c(c1)CC[C@@H]2NC(=O)c1cc(C(=O)NCc2ccc(F)c(C)c2)ncn1. The lowest BCUT2D eigenvalue weighted by atomic mass is 10.0. The number of nitrogens with zero attached hydrogens (tertiary/aromatic N) is 2. The van der Waals surface area contributed by atoms with Crippen molar-refractivity contribution in [2.75, 3.05) is 7.11 Å². The van der Waals surface area contributed by atoms with Gasteiger partial charge in [0.05, 0.1) is 18.7 Å². The molecule has 8 nitrogen and oxygen atoms in total. The third-order valence-corrected chi connectivity index (χ3v) is 5.75. The first-order valence-electron chi connectivity index (χ1n) is 10.7. The summed E-state index contributed by atoms with van der Waals surface area (Å²) in [5.74, 6) is -1.62. The molecule has 9 heteroatoms. The number of benzene rings is 2. The molecule has 2 amide bonds. The van der Waals surface area contributed by atoms with Crippen LogP contribution >= 0.6 is 0 Å². The maximum atomic E-state index is 13.4. The van der Waals surface area contributed by atoms with Gasteiger partial charge in [-0.1, -0.05) is 18.2 Å². The van der Waals surface area contributed by atoms with Crippen LogP contribution < -0.4 is 10.6 Å². The van der Waals surface area contributed by atoms with E-state index in [1.165, 1.54) is 19.2 Å². The normalized spacial score (nSPS) is 14.3. The Labute approximate surface area is 195 Å². The molecule has 0 radical (unpaired) electrons. The Balaban J connectivity index is 1.41. The highest BCUT2D eigenvalue weighted by atomic mass is 19.1. The van der Waals surface area contributed by atoms with Crippen molar-refractivity contribution in [3.63, 3.8) is 0 Å². The molecule has 1 aromatic heterocycles. The van der Waals surface area contributed by atoms with Crippen molar-refractivity contribution in [3.05, 3.63) is 93.8 Å². The Hall–Kier alpha value is -4.14. The molecule has 1 atom stereocenters. The molecule has 2 N–H and O–H groups in total. The minimum Gasteiger partial charge on any atom is -0.465 e. The van der Waals surface area contributed by atoms with Crippen LogP contribution in [0.1, 0.15) is 66.1 Å². The van der Waals surface area contributed by atoms with Gasteiger partial charge in [0.2, 0.25) is 0 Å². The molecule has 34 heavy (non-hydrogen) atoms. The minimum absolute atomic E-state index is 0.0496. The van der Waals surface area contributed by atoms with Crippen LogP contribution in [0.5, 0.6) is 0 Å². The van der Waals surface area contributed by atoms with E-state index in [2.05, 4.69) is 20.6 Å². The molecule has 174 valence electrons. The molecule has 0 spiro atoms. The Kier molecular flexibility index (Phi) is 6.62. The van der Waals surface area contributed by atoms with Crippen LogP contribution in [0.25, 0.3) is 0 Å². The van der Waals surface area contributed by atoms with Crippen LogP contribution in [0.15, 0.2) is 48.8 Å². The molecular weight excluding hydrogens is 439 g/mol. The molecular formula is C25H23FN4O4. The van der Waals surface area contributed by atoms with Gasteiger partial charge >= 0.3 is 5.97 Å². The molecule has 1 heterocycles. The van der Waals surface area contributed by atoms with Crippen LogP contribution in [0.2, 0.25) is 0 Å². The third kappa shape index (κ3) is 4.93. The molecule has 0 bridgehead atoms. The number of hydrogen-bond acceptors (Lipinski definition) is 6. The predicted molar refractivity (Wildman–Crippen MR) is 121 cm³/mol. The number of aryl methyl sites for hydroxylation is 2. The standard InChI is InChI=1S/C25H23FN4O4/c1-14-9-15(3-7-19(14)26)12-27-23(31)21-11-22(29-13-28-21)24(32)30-20-8-5-16-10-17(25(33)34-2)4-6-18(16)20/h3-4,6-7,9-11,13,20H,5,8,12H2,1-2H3,(H,27,31)(H,30,32)/t20-/m0/s1. The van der Waals surface area contributed by atoms with Gasteiger partial charge in [-0.2, -0.15) is 0 Å². The van der Waals surface area contributed by atoms with Crippen molar-refractivity contribution in [2.24, 2.45) is 0 Å². The number of methoxy groups -OCH3 is 1. The number of amides is 2. The number of carbonyl (C=O) groups is 3. The monoisotopic (exact) mass is 462 g/mol. The highest BCUT2D eigenvalue weighted by Crippen LogP contribution is 2.32. The van der Waals surface area contributed by atoms with Crippen LogP contribution in [0.4, 0.5) is 4.39 Å². The number of hydrogen-bond donors (Lipinski definition) is 2. The number of fused-ring (bicyclic) bond motifs is 1. The van der Waals surface area contributed by atoms with E-state index < -0.39 is 17.8 Å². The number of nitrogens with one attached hydrogen (secondary N) is 2. The first kappa shape index (κ1) is 23.0. The predicted octanol–water partition coefficient (Wildman–Crippen LogP) is 3.06. The smallest absolute Gasteiger partial charge is 0.337 e. The molecule has 3 aromatic rings. The van der Waals surface area contributed by atoms with Crippen LogP contribution in [0, 0.1) is 12.7 Å². The quantitative estimate of drug-likeness (QED) is 0.545. The lowest BCUT2D eigenvalue weighted by Gasteiger charge is -2.14. The van der Waals surface area contributed by atoms with Crippen molar-refractivity contribution in [1.82, 2.24) is 20.6 Å². The van der Waals surface area contributed by atoms with Crippen molar-refractivity contribution in [1.29, 1.82) is 0 Å². The van der Waals surface area contributed by atoms with E-state index in [4.69, 9.17) is 4.74 Å². The molecule has 0 saturated carbocycles. The van der Waals surface area contributed by atoms with Gasteiger partial charge in [0.25, 0.3) is 11.8 Å². The molecule has 0 unspecified atom stereocenters. The van der Waals surface area contributed by atoms with E-state index in [0.29, 0.717) is 24.0 Å². The first-order valence-corrected chi connectivity index (χ1v) is 10.7. The zero-order chi connectivity index (χ0) is 24.2. The van der Waals surface area contributed by atoms with Crippen molar-refractivity contribution < 1.29 is 23.5 Å². The number of halogens is 1. The number of aromatic nitrogens is 2. The highest BCUT2D eigenvalue weighted by molar-refractivity contribution is 5.97. The number of esters is 1. The summed E-state index contributed by atoms with van der Waals surface area (Å²) in [6.45, 7) is 1.84. The summed E-state index contributed by atoms with van der Waals surface area (Å²) in [5, 5.41) is 5.65. The minimum atomic E-state index is -0.472. The second-order valence-corrected chi connectivity index (χ2v) is 8.02. The molecule has 1 aliphatic rings. The molecule has 4 rings (SSSR count). The zero-order valence-corrected chi connectivity index (χ0v) is 18.7. The Bertz CT molecular complexity index is 1280. The van der Waals surface area contributed by atoms with Gasteiger partial charge in [-0.05, 0) is 60.2 Å². The summed E-state index contributed by atoms with van der Waals surface area (Å²) >= 11 is 0. The molecule has 0 saturated heterocycles. The Morgan fingerprint density at radius 1 is 1.06 bits per heavy atom. The van der Waals surface area contributed by atoms with Gasteiger partial charge in [0.15, 0.2) is 0 Å². The summed E-state index contributed by atoms with van der Waals surface area (Å²) in [5.41, 5.74) is 3.73. The second-order valence-electron chi connectivity index (χ2n) is 8.02. The van der Waals surface area contributed by atoms with E-state index in [-0.39, 0.29) is 29.8 Å². The van der Waals surface area contributed by atoms with E-state index in [9.17, 15) is 18.8 Å².